The van der Waals surface area contributed by atoms with E-state index in [9.17, 15) is 0 Å². The first-order chi connectivity index (χ1) is 15.4. The monoisotopic (exact) mass is 446 g/mol. The van der Waals surface area contributed by atoms with Crippen molar-refractivity contribution in [1.82, 2.24) is 9.80 Å². The van der Waals surface area contributed by atoms with Gasteiger partial charge < -0.3 is 24.4 Å². The van der Waals surface area contributed by atoms with Crippen LogP contribution in [0.15, 0.2) is 42.5 Å². The van der Waals surface area contributed by atoms with Gasteiger partial charge in [0.1, 0.15) is 5.75 Å². The lowest BCUT2D eigenvalue weighted by molar-refractivity contribution is -0.159. The molecule has 1 fully saturated rings. The predicted molar refractivity (Wildman–Crippen MR) is 118 cm³/mol. The first-order valence-corrected chi connectivity index (χ1v) is 10.1. The van der Waals surface area contributed by atoms with Gasteiger partial charge in [0.15, 0.2) is 11.5 Å². The van der Waals surface area contributed by atoms with Crippen LogP contribution in [0, 0.1) is 0 Å². The van der Waals surface area contributed by atoms with Crippen molar-refractivity contribution in [2.75, 3.05) is 47.5 Å². The molecule has 0 saturated carbocycles. The highest BCUT2D eigenvalue weighted by molar-refractivity contribution is 6.27. The first-order valence-electron chi connectivity index (χ1n) is 10.1. The summed E-state index contributed by atoms with van der Waals surface area (Å²) < 4.78 is 16.2. The van der Waals surface area contributed by atoms with E-state index in [-0.39, 0.29) is 0 Å². The molecular weight excluding hydrogens is 416 g/mol. The van der Waals surface area contributed by atoms with Gasteiger partial charge in [0.05, 0.1) is 21.3 Å². The molecule has 32 heavy (non-hydrogen) atoms. The summed E-state index contributed by atoms with van der Waals surface area (Å²) in [6.07, 6.45) is 0. The fourth-order valence-corrected chi connectivity index (χ4v) is 3.41. The van der Waals surface area contributed by atoms with Crippen LogP contribution in [0.1, 0.15) is 11.1 Å². The molecule has 0 aliphatic carbocycles. The zero-order valence-electron chi connectivity index (χ0n) is 18.6. The molecule has 2 N–H and O–H groups in total. The van der Waals surface area contributed by atoms with E-state index in [2.05, 4.69) is 28.0 Å². The van der Waals surface area contributed by atoms with Gasteiger partial charge in [0.2, 0.25) is 0 Å². The molecule has 0 aromatic heterocycles. The summed E-state index contributed by atoms with van der Waals surface area (Å²) >= 11 is 0. The minimum absolute atomic E-state index is 0.795. The maximum absolute atomic E-state index is 9.10. The predicted octanol–water partition coefficient (Wildman–Crippen LogP) is 2.19. The number of hydrogen-bond acceptors (Lipinski definition) is 7. The molecule has 0 bridgehead atoms. The highest BCUT2D eigenvalue weighted by Gasteiger charge is 2.19. The molecule has 0 spiro atoms. The average Bonchev–Trinajstić information content (AvgIpc) is 2.81. The van der Waals surface area contributed by atoms with Crippen LogP contribution in [0.3, 0.4) is 0 Å². The summed E-state index contributed by atoms with van der Waals surface area (Å²) in [4.78, 5) is 23.2. The number of carboxylic acids is 2. The summed E-state index contributed by atoms with van der Waals surface area (Å²) in [7, 11) is 5.08. The Kier molecular flexibility index (Phi) is 9.77. The quantitative estimate of drug-likeness (QED) is 0.619. The number of methoxy groups -OCH3 is 3. The highest BCUT2D eigenvalue weighted by atomic mass is 16.5. The summed E-state index contributed by atoms with van der Waals surface area (Å²) in [6.45, 7) is 6.11. The molecule has 1 saturated heterocycles. The summed E-state index contributed by atoms with van der Waals surface area (Å²) in [5.41, 5.74) is 2.50. The number of carbonyl (C=O) groups is 2. The molecule has 9 nitrogen and oxygen atoms in total. The molecule has 1 heterocycles. The normalized spacial score (nSPS) is 14.1. The number of rotatable bonds is 7. The van der Waals surface area contributed by atoms with E-state index in [1.54, 1.807) is 21.3 Å². The minimum Gasteiger partial charge on any atom is -0.497 e. The van der Waals surface area contributed by atoms with E-state index in [1.807, 2.05) is 24.3 Å². The van der Waals surface area contributed by atoms with E-state index in [1.165, 1.54) is 11.1 Å². The Morgan fingerprint density at radius 3 is 1.81 bits per heavy atom. The second-order valence-corrected chi connectivity index (χ2v) is 7.16. The number of para-hydroxylation sites is 1. The molecule has 1 aliphatic heterocycles. The molecule has 174 valence electrons. The molecule has 0 radical (unpaired) electrons. The fraction of sp³-hybridized carbons (Fsp3) is 0.391. The van der Waals surface area contributed by atoms with E-state index in [0.29, 0.717) is 0 Å². The van der Waals surface area contributed by atoms with Gasteiger partial charge in [0.25, 0.3) is 0 Å². The van der Waals surface area contributed by atoms with Gasteiger partial charge in [-0.3, -0.25) is 9.80 Å². The molecule has 0 atom stereocenters. The van der Waals surface area contributed by atoms with Crippen molar-refractivity contribution in [2.45, 2.75) is 13.1 Å². The standard InChI is InChI=1S/C21H28N2O3.C2H2O4/c1-24-19-9-7-17(8-10-19)15-22-11-13-23(14-12-22)16-18-5-4-6-20(25-2)21(18)26-3;3-1(4)2(5)6/h4-10H,11-16H2,1-3H3;(H,3,4)(H,5,6). The van der Waals surface area contributed by atoms with Crippen molar-refractivity contribution in [3.63, 3.8) is 0 Å². The van der Waals surface area contributed by atoms with Crippen LogP contribution in [0.25, 0.3) is 0 Å². The third-order valence-electron chi connectivity index (χ3n) is 5.09. The van der Waals surface area contributed by atoms with Crippen LogP contribution in [0.4, 0.5) is 0 Å². The third kappa shape index (κ3) is 7.44. The van der Waals surface area contributed by atoms with Crippen LogP contribution in [-0.4, -0.2) is 79.5 Å². The van der Waals surface area contributed by atoms with E-state index in [0.717, 1.165) is 56.5 Å². The van der Waals surface area contributed by atoms with Gasteiger partial charge in [-0.15, -0.1) is 0 Å². The van der Waals surface area contributed by atoms with Crippen LogP contribution in [-0.2, 0) is 22.7 Å². The molecule has 2 aromatic carbocycles. The second-order valence-electron chi connectivity index (χ2n) is 7.16. The Balaban J connectivity index is 0.000000534. The topological polar surface area (TPSA) is 109 Å². The number of ether oxygens (including phenoxy) is 3. The van der Waals surface area contributed by atoms with Crippen LogP contribution in [0.5, 0.6) is 17.2 Å². The van der Waals surface area contributed by atoms with Gasteiger partial charge in [0, 0.05) is 44.8 Å². The lowest BCUT2D eigenvalue weighted by Gasteiger charge is -2.35. The Labute approximate surface area is 187 Å². The molecule has 3 rings (SSSR count). The second kappa shape index (κ2) is 12.5. The molecule has 0 unspecified atom stereocenters. The van der Waals surface area contributed by atoms with Crippen molar-refractivity contribution >= 4 is 11.9 Å². The summed E-state index contributed by atoms with van der Waals surface area (Å²) in [6, 6.07) is 14.4. The number of piperazine rings is 1. The fourth-order valence-electron chi connectivity index (χ4n) is 3.41. The molecular formula is C23H30N2O7. The van der Waals surface area contributed by atoms with Gasteiger partial charge in [-0.1, -0.05) is 24.3 Å². The van der Waals surface area contributed by atoms with Gasteiger partial charge >= 0.3 is 11.9 Å². The lowest BCUT2D eigenvalue weighted by atomic mass is 10.1. The zero-order chi connectivity index (χ0) is 23.5. The first kappa shape index (κ1) is 25.0. The number of carboxylic acid groups (broad SMARTS) is 2. The Hall–Kier alpha value is -3.30. The number of hydrogen-bond donors (Lipinski definition) is 2. The molecule has 2 aromatic rings. The van der Waals surface area contributed by atoms with Gasteiger partial charge in [-0.05, 0) is 23.8 Å². The molecule has 1 aliphatic rings. The molecule has 0 amide bonds. The number of benzene rings is 2. The van der Waals surface area contributed by atoms with Crippen molar-refractivity contribution in [3.05, 3.63) is 53.6 Å². The largest absolute Gasteiger partial charge is 0.497 e. The van der Waals surface area contributed by atoms with Gasteiger partial charge in [-0.25, -0.2) is 9.59 Å². The average molecular weight is 447 g/mol. The van der Waals surface area contributed by atoms with Crippen molar-refractivity contribution in [3.8, 4) is 17.2 Å². The molecule has 9 heteroatoms. The van der Waals surface area contributed by atoms with E-state index < -0.39 is 11.9 Å². The van der Waals surface area contributed by atoms with Gasteiger partial charge in [-0.2, -0.15) is 0 Å². The maximum Gasteiger partial charge on any atom is 0.414 e. The van der Waals surface area contributed by atoms with Crippen molar-refractivity contribution in [2.24, 2.45) is 0 Å². The summed E-state index contributed by atoms with van der Waals surface area (Å²) in [5.74, 6) is -1.10. The van der Waals surface area contributed by atoms with Crippen molar-refractivity contribution in [1.29, 1.82) is 0 Å². The van der Waals surface area contributed by atoms with Crippen LogP contribution >= 0.6 is 0 Å². The van der Waals surface area contributed by atoms with Crippen LogP contribution in [0.2, 0.25) is 0 Å². The highest BCUT2D eigenvalue weighted by Crippen LogP contribution is 2.31. The zero-order valence-corrected chi connectivity index (χ0v) is 18.6. The number of nitrogens with zero attached hydrogens (tertiary/aromatic N) is 2. The third-order valence-corrected chi connectivity index (χ3v) is 5.09. The van der Waals surface area contributed by atoms with Crippen molar-refractivity contribution < 1.29 is 34.0 Å². The number of aliphatic carboxylic acids is 2. The Bertz CT molecular complexity index is 866. The Morgan fingerprint density at radius 2 is 1.34 bits per heavy atom. The van der Waals surface area contributed by atoms with E-state index in [4.69, 9.17) is 34.0 Å². The lowest BCUT2D eigenvalue weighted by Crippen LogP contribution is -2.45. The Morgan fingerprint density at radius 1 is 0.781 bits per heavy atom. The smallest absolute Gasteiger partial charge is 0.414 e. The van der Waals surface area contributed by atoms with Crippen LogP contribution < -0.4 is 14.2 Å². The maximum atomic E-state index is 9.10. The SMILES string of the molecule is COc1ccc(CN2CCN(Cc3cccc(OC)c3OC)CC2)cc1.O=C(O)C(=O)O. The minimum atomic E-state index is -1.82. The summed E-state index contributed by atoms with van der Waals surface area (Å²) in [5, 5.41) is 14.8. The van der Waals surface area contributed by atoms with E-state index >= 15 is 0 Å².